The molecule has 1 amide bonds. The molecule has 8 nitrogen and oxygen atoms in total. The first-order valence-electron chi connectivity index (χ1n) is 10.1. The molecule has 1 aliphatic rings. The van der Waals surface area contributed by atoms with Crippen LogP contribution in [0.1, 0.15) is 15.9 Å². The van der Waals surface area contributed by atoms with Gasteiger partial charge in [-0.3, -0.25) is 4.79 Å². The molecule has 162 valence electrons. The molecule has 32 heavy (non-hydrogen) atoms. The number of benzene rings is 2. The van der Waals surface area contributed by atoms with Gasteiger partial charge in [-0.05, 0) is 37.3 Å². The molecule has 0 bridgehead atoms. The molecule has 10 heteroatoms. The number of carbonyl (C=O) groups excluding carboxylic acids is 1. The van der Waals surface area contributed by atoms with Crippen molar-refractivity contribution in [3.05, 3.63) is 69.4 Å². The highest BCUT2D eigenvalue weighted by Gasteiger charge is 2.26. The van der Waals surface area contributed by atoms with E-state index in [1.807, 2.05) is 42.2 Å². The number of carbonyl (C=O) groups is 1. The molecular formula is C22H19BrClN7O. The van der Waals surface area contributed by atoms with E-state index in [4.69, 9.17) is 11.6 Å². The van der Waals surface area contributed by atoms with Gasteiger partial charge in [0.15, 0.2) is 17.0 Å². The van der Waals surface area contributed by atoms with Crippen molar-refractivity contribution in [1.29, 1.82) is 0 Å². The van der Waals surface area contributed by atoms with Crippen molar-refractivity contribution in [2.75, 3.05) is 31.1 Å². The first-order valence-corrected chi connectivity index (χ1v) is 11.3. The van der Waals surface area contributed by atoms with E-state index in [0.29, 0.717) is 47.9 Å². The van der Waals surface area contributed by atoms with E-state index >= 15 is 0 Å². The Morgan fingerprint density at radius 1 is 1.03 bits per heavy atom. The maximum Gasteiger partial charge on any atom is 0.255 e. The number of aromatic nitrogens is 5. The number of halogens is 2. The Kier molecular flexibility index (Phi) is 5.52. The van der Waals surface area contributed by atoms with Gasteiger partial charge in [0.05, 0.1) is 16.3 Å². The van der Waals surface area contributed by atoms with Crippen molar-refractivity contribution < 1.29 is 4.79 Å². The molecule has 0 spiro atoms. The number of aryl methyl sites for hydroxylation is 1. The SMILES string of the molecule is Cc1ccc(-n2nnc3c(N4CCN(C(=O)c5cc(Br)ccc5Cl)CC4)ncnc32)cc1. The topological polar surface area (TPSA) is 80.0 Å². The van der Waals surface area contributed by atoms with Crippen LogP contribution in [-0.2, 0) is 0 Å². The van der Waals surface area contributed by atoms with Crippen molar-refractivity contribution in [2.24, 2.45) is 0 Å². The van der Waals surface area contributed by atoms with Gasteiger partial charge in [0, 0.05) is 30.7 Å². The van der Waals surface area contributed by atoms with Gasteiger partial charge in [-0.15, -0.1) is 5.10 Å². The van der Waals surface area contributed by atoms with Gasteiger partial charge < -0.3 is 9.80 Å². The van der Waals surface area contributed by atoms with Crippen LogP contribution in [0, 0.1) is 6.92 Å². The van der Waals surface area contributed by atoms with Gasteiger partial charge in [-0.25, -0.2) is 9.97 Å². The molecule has 0 aliphatic carbocycles. The van der Waals surface area contributed by atoms with Crippen LogP contribution < -0.4 is 4.90 Å². The second-order valence-corrected chi connectivity index (χ2v) is 8.93. The summed E-state index contributed by atoms with van der Waals surface area (Å²) < 4.78 is 2.54. The highest BCUT2D eigenvalue weighted by Crippen LogP contribution is 2.26. The third kappa shape index (κ3) is 3.82. The molecule has 1 aliphatic heterocycles. The van der Waals surface area contributed by atoms with E-state index in [9.17, 15) is 4.79 Å². The van der Waals surface area contributed by atoms with Crippen LogP contribution in [0.25, 0.3) is 16.9 Å². The number of amides is 1. The summed E-state index contributed by atoms with van der Waals surface area (Å²) in [6, 6.07) is 13.3. The maximum absolute atomic E-state index is 13.0. The summed E-state index contributed by atoms with van der Waals surface area (Å²) >= 11 is 9.66. The Morgan fingerprint density at radius 2 is 1.78 bits per heavy atom. The monoisotopic (exact) mass is 511 g/mol. The van der Waals surface area contributed by atoms with Gasteiger partial charge in [0.2, 0.25) is 0 Å². The van der Waals surface area contributed by atoms with Crippen molar-refractivity contribution >= 4 is 50.4 Å². The summed E-state index contributed by atoms with van der Waals surface area (Å²) in [5, 5.41) is 9.11. The zero-order chi connectivity index (χ0) is 22.2. The average molecular weight is 513 g/mol. The molecule has 3 heterocycles. The summed E-state index contributed by atoms with van der Waals surface area (Å²) in [4.78, 5) is 25.8. The highest BCUT2D eigenvalue weighted by molar-refractivity contribution is 9.10. The van der Waals surface area contributed by atoms with Gasteiger partial charge in [0.25, 0.3) is 5.91 Å². The van der Waals surface area contributed by atoms with E-state index < -0.39 is 0 Å². The van der Waals surface area contributed by atoms with Crippen molar-refractivity contribution in [1.82, 2.24) is 29.9 Å². The molecule has 0 N–H and O–H groups in total. The van der Waals surface area contributed by atoms with E-state index in [0.717, 1.165) is 16.0 Å². The lowest BCUT2D eigenvalue weighted by Crippen LogP contribution is -2.49. The normalized spacial score (nSPS) is 14.2. The Hall–Kier alpha value is -3.04. The number of anilines is 1. The largest absolute Gasteiger partial charge is 0.351 e. The predicted molar refractivity (Wildman–Crippen MR) is 126 cm³/mol. The number of fused-ring (bicyclic) bond motifs is 1. The third-order valence-electron chi connectivity index (χ3n) is 5.52. The van der Waals surface area contributed by atoms with Crippen molar-refractivity contribution in [2.45, 2.75) is 6.92 Å². The number of nitrogens with zero attached hydrogens (tertiary/aromatic N) is 7. The quantitative estimate of drug-likeness (QED) is 0.414. The van der Waals surface area contributed by atoms with E-state index in [1.165, 1.54) is 11.9 Å². The standard InChI is InChI=1S/C22H19BrClN7O/c1-14-2-5-16(6-3-14)31-21-19(27-28-31)20(25-13-26-21)29-8-10-30(11-9-29)22(32)17-12-15(23)4-7-18(17)24/h2-7,12-13H,8-11H2,1H3. The fraction of sp³-hybridized carbons (Fsp3) is 0.227. The van der Waals surface area contributed by atoms with Gasteiger partial charge in [0.1, 0.15) is 6.33 Å². The Bertz CT molecular complexity index is 1300. The zero-order valence-electron chi connectivity index (χ0n) is 17.2. The number of hydrogen-bond acceptors (Lipinski definition) is 6. The zero-order valence-corrected chi connectivity index (χ0v) is 19.6. The Labute approximate surface area is 197 Å². The number of hydrogen-bond donors (Lipinski definition) is 0. The molecule has 5 rings (SSSR count). The first kappa shape index (κ1) is 20.8. The molecule has 4 aromatic rings. The smallest absolute Gasteiger partial charge is 0.255 e. The Morgan fingerprint density at radius 3 is 2.53 bits per heavy atom. The first-order chi connectivity index (χ1) is 15.5. The van der Waals surface area contributed by atoms with Crippen LogP contribution in [0.4, 0.5) is 5.82 Å². The third-order valence-corrected chi connectivity index (χ3v) is 6.35. The minimum atomic E-state index is -0.0749. The van der Waals surface area contributed by atoms with Crippen LogP contribution in [-0.4, -0.2) is 61.9 Å². The molecule has 0 atom stereocenters. The van der Waals surface area contributed by atoms with Crippen LogP contribution in [0.3, 0.4) is 0 Å². The maximum atomic E-state index is 13.0. The molecule has 2 aromatic carbocycles. The Balaban J connectivity index is 1.37. The molecular weight excluding hydrogens is 494 g/mol. The molecule has 0 radical (unpaired) electrons. The lowest BCUT2D eigenvalue weighted by molar-refractivity contribution is 0.0746. The minimum Gasteiger partial charge on any atom is -0.351 e. The summed E-state index contributed by atoms with van der Waals surface area (Å²) in [5.74, 6) is 0.648. The fourth-order valence-corrected chi connectivity index (χ4v) is 4.34. The van der Waals surface area contributed by atoms with E-state index in [1.54, 1.807) is 16.8 Å². The van der Waals surface area contributed by atoms with Crippen molar-refractivity contribution in [3.8, 4) is 5.69 Å². The van der Waals surface area contributed by atoms with Crippen molar-refractivity contribution in [3.63, 3.8) is 0 Å². The molecule has 2 aromatic heterocycles. The molecule has 1 saturated heterocycles. The molecule has 0 unspecified atom stereocenters. The van der Waals surface area contributed by atoms with Gasteiger partial charge in [-0.2, -0.15) is 4.68 Å². The summed E-state index contributed by atoms with van der Waals surface area (Å²) in [6.45, 7) is 4.40. The average Bonchev–Trinajstić information content (AvgIpc) is 3.25. The van der Waals surface area contributed by atoms with Crippen LogP contribution in [0.2, 0.25) is 5.02 Å². The summed E-state index contributed by atoms with van der Waals surface area (Å²) in [6.07, 6.45) is 1.53. The lowest BCUT2D eigenvalue weighted by atomic mass is 10.2. The molecule has 1 fully saturated rings. The number of piperazine rings is 1. The van der Waals surface area contributed by atoms with Gasteiger partial charge >= 0.3 is 0 Å². The van der Waals surface area contributed by atoms with Gasteiger partial charge in [-0.1, -0.05) is 50.4 Å². The van der Waals surface area contributed by atoms with Crippen LogP contribution in [0.15, 0.2) is 53.3 Å². The number of rotatable bonds is 3. The van der Waals surface area contributed by atoms with Crippen LogP contribution >= 0.6 is 27.5 Å². The highest BCUT2D eigenvalue weighted by atomic mass is 79.9. The van der Waals surface area contributed by atoms with E-state index in [2.05, 4.69) is 41.1 Å². The lowest BCUT2D eigenvalue weighted by Gasteiger charge is -2.35. The van der Waals surface area contributed by atoms with E-state index in [-0.39, 0.29) is 5.91 Å². The minimum absolute atomic E-state index is 0.0749. The second-order valence-electron chi connectivity index (χ2n) is 7.61. The predicted octanol–water partition coefficient (Wildman–Crippen LogP) is 3.90. The fourth-order valence-electron chi connectivity index (χ4n) is 3.78. The van der Waals surface area contributed by atoms with Crippen LogP contribution in [0.5, 0.6) is 0 Å². The summed E-state index contributed by atoms with van der Waals surface area (Å²) in [7, 11) is 0. The summed E-state index contributed by atoms with van der Waals surface area (Å²) in [5.41, 5.74) is 3.86. The molecule has 0 saturated carbocycles. The second kappa shape index (κ2) is 8.48.